The molecule has 1 fully saturated rings. The lowest BCUT2D eigenvalue weighted by molar-refractivity contribution is -0.122. The SMILES string of the molecule is CCN1CCOC(CNC(=O)CCCNC(C)C)C1. The van der Waals surface area contributed by atoms with E-state index in [4.69, 9.17) is 4.74 Å². The number of hydrogen-bond acceptors (Lipinski definition) is 4. The predicted octanol–water partition coefficient (Wildman–Crippen LogP) is 0.602. The number of nitrogens with zero attached hydrogens (tertiary/aromatic N) is 1. The zero-order valence-electron chi connectivity index (χ0n) is 12.6. The van der Waals surface area contributed by atoms with Crippen molar-refractivity contribution in [2.24, 2.45) is 0 Å². The van der Waals surface area contributed by atoms with E-state index in [0.29, 0.717) is 19.0 Å². The van der Waals surface area contributed by atoms with E-state index in [1.807, 2.05) is 0 Å². The molecule has 1 unspecified atom stereocenters. The number of morpholine rings is 1. The van der Waals surface area contributed by atoms with E-state index in [-0.39, 0.29) is 12.0 Å². The molecule has 1 amide bonds. The first-order chi connectivity index (χ1) is 9.11. The van der Waals surface area contributed by atoms with Crippen molar-refractivity contribution < 1.29 is 9.53 Å². The summed E-state index contributed by atoms with van der Waals surface area (Å²) in [5.41, 5.74) is 0. The molecule has 0 radical (unpaired) electrons. The van der Waals surface area contributed by atoms with Gasteiger partial charge in [-0.1, -0.05) is 20.8 Å². The van der Waals surface area contributed by atoms with E-state index < -0.39 is 0 Å². The lowest BCUT2D eigenvalue weighted by atomic mass is 10.2. The summed E-state index contributed by atoms with van der Waals surface area (Å²) in [5, 5.41) is 6.28. The van der Waals surface area contributed by atoms with Crippen LogP contribution in [0.5, 0.6) is 0 Å². The molecule has 5 heteroatoms. The largest absolute Gasteiger partial charge is 0.374 e. The van der Waals surface area contributed by atoms with Crippen molar-refractivity contribution in [1.82, 2.24) is 15.5 Å². The van der Waals surface area contributed by atoms with Crippen molar-refractivity contribution in [3.8, 4) is 0 Å². The van der Waals surface area contributed by atoms with Crippen LogP contribution in [0, 0.1) is 0 Å². The molecule has 112 valence electrons. The summed E-state index contributed by atoms with van der Waals surface area (Å²) in [4.78, 5) is 14.0. The maximum Gasteiger partial charge on any atom is 0.220 e. The van der Waals surface area contributed by atoms with Gasteiger partial charge in [-0.2, -0.15) is 0 Å². The number of hydrogen-bond donors (Lipinski definition) is 2. The van der Waals surface area contributed by atoms with E-state index in [0.717, 1.165) is 39.2 Å². The fourth-order valence-corrected chi connectivity index (χ4v) is 2.15. The summed E-state index contributed by atoms with van der Waals surface area (Å²) in [6, 6.07) is 0.485. The third-order valence-electron chi connectivity index (χ3n) is 3.33. The van der Waals surface area contributed by atoms with Crippen molar-refractivity contribution in [2.45, 2.75) is 45.8 Å². The Bertz CT molecular complexity index is 259. The van der Waals surface area contributed by atoms with Gasteiger partial charge in [0, 0.05) is 32.1 Å². The standard InChI is InChI=1S/C14H29N3O2/c1-4-17-8-9-19-13(11-17)10-16-14(18)6-5-7-15-12(2)3/h12-13,15H,4-11H2,1-3H3,(H,16,18). The van der Waals surface area contributed by atoms with E-state index in [2.05, 4.69) is 36.3 Å². The molecule has 1 aliphatic rings. The van der Waals surface area contributed by atoms with Gasteiger partial charge in [-0.05, 0) is 19.5 Å². The van der Waals surface area contributed by atoms with Gasteiger partial charge in [0.25, 0.3) is 0 Å². The second kappa shape index (κ2) is 9.28. The number of likely N-dealkylation sites (N-methyl/N-ethyl adjacent to an activating group) is 1. The van der Waals surface area contributed by atoms with Crippen LogP contribution in [0.4, 0.5) is 0 Å². The smallest absolute Gasteiger partial charge is 0.220 e. The number of carbonyl (C=O) groups excluding carboxylic acids is 1. The highest BCUT2D eigenvalue weighted by Gasteiger charge is 2.19. The molecule has 0 saturated carbocycles. The molecule has 1 rings (SSSR count). The van der Waals surface area contributed by atoms with Crippen molar-refractivity contribution in [3.05, 3.63) is 0 Å². The summed E-state index contributed by atoms with van der Waals surface area (Å²) in [6.45, 7) is 11.7. The lowest BCUT2D eigenvalue weighted by Gasteiger charge is -2.32. The topological polar surface area (TPSA) is 53.6 Å². The Balaban J connectivity index is 2.06. The Labute approximate surface area is 117 Å². The molecular weight excluding hydrogens is 242 g/mol. The molecule has 5 nitrogen and oxygen atoms in total. The molecule has 0 spiro atoms. The number of nitrogens with one attached hydrogen (secondary N) is 2. The molecule has 0 aromatic carbocycles. The van der Waals surface area contributed by atoms with Gasteiger partial charge in [0.1, 0.15) is 0 Å². The third kappa shape index (κ3) is 7.50. The second-order valence-corrected chi connectivity index (χ2v) is 5.40. The van der Waals surface area contributed by atoms with Crippen LogP contribution >= 0.6 is 0 Å². The van der Waals surface area contributed by atoms with Crippen LogP contribution in [-0.2, 0) is 9.53 Å². The number of carbonyl (C=O) groups is 1. The molecule has 0 aliphatic carbocycles. The van der Waals surface area contributed by atoms with Gasteiger partial charge in [0.2, 0.25) is 5.91 Å². The van der Waals surface area contributed by atoms with Crippen LogP contribution in [0.25, 0.3) is 0 Å². The number of rotatable bonds is 8. The van der Waals surface area contributed by atoms with E-state index in [1.54, 1.807) is 0 Å². The van der Waals surface area contributed by atoms with Crippen molar-refractivity contribution >= 4 is 5.91 Å². The maximum absolute atomic E-state index is 11.7. The summed E-state index contributed by atoms with van der Waals surface area (Å²) < 4.78 is 5.65. The van der Waals surface area contributed by atoms with Crippen LogP contribution < -0.4 is 10.6 Å². The van der Waals surface area contributed by atoms with Crippen LogP contribution in [0.1, 0.15) is 33.6 Å². The minimum absolute atomic E-state index is 0.128. The molecule has 1 atom stereocenters. The normalized spacial score (nSPS) is 20.7. The number of amides is 1. The fourth-order valence-electron chi connectivity index (χ4n) is 2.15. The predicted molar refractivity (Wildman–Crippen MR) is 77.2 cm³/mol. The molecule has 0 aromatic heterocycles. The van der Waals surface area contributed by atoms with Crippen LogP contribution in [0.3, 0.4) is 0 Å². The van der Waals surface area contributed by atoms with Crippen molar-refractivity contribution in [3.63, 3.8) is 0 Å². The van der Waals surface area contributed by atoms with Gasteiger partial charge in [-0.3, -0.25) is 9.69 Å². The first kappa shape index (κ1) is 16.4. The lowest BCUT2D eigenvalue weighted by Crippen LogP contribution is -2.47. The summed E-state index contributed by atoms with van der Waals surface area (Å²) in [6.07, 6.45) is 1.62. The fraction of sp³-hybridized carbons (Fsp3) is 0.929. The van der Waals surface area contributed by atoms with Gasteiger partial charge in [-0.15, -0.1) is 0 Å². The average molecular weight is 271 g/mol. The van der Waals surface area contributed by atoms with E-state index in [1.165, 1.54) is 0 Å². The first-order valence-corrected chi connectivity index (χ1v) is 7.45. The summed E-state index contributed by atoms with van der Waals surface area (Å²) >= 11 is 0. The highest BCUT2D eigenvalue weighted by atomic mass is 16.5. The quantitative estimate of drug-likeness (QED) is 0.635. The highest BCUT2D eigenvalue weighted by molar-refractivity contribution is 5.75. The molecule has 19 heavy (non-hydrogen) atoms. The molecular formula is C14H29N3O2. The Kier molecular flexibility index (Phi) is 8.02. The Morgan fingerprint density at radius 1 is 1.47 bits per heavy atom. The third-order valence-corrected chi connectivity index (χ3v) is 3.33. The Morgan fingerprint density at radius 3 is 2.95 bits per heavy atom. The Hall–Kier alpha value is -0.650. The van der Waals surface area contributed by atoms with Gasteiger partial charge in [0.15, 0.2) is 0 Å². The van der Waals surface area contributed by atoms with Gasteiger partial charge in [0.05, 0.1) is 12.7 Å². The average Bonchev–Trinajstić information content (AvgIpc) is 2.41. The van der Waals surface area contributed by atoms with E-state index in [9.17, 15) is 4.79 Å². The first-order valence-electron chi connectivity index (χ1n) is 7.45. The summed E-state index contributed by atoms with van der Waals surface area (Å²) in [7, 11) is 0. The zero-order valence-corrected chi connectivity index (χ0v) is 12.6. The molecule has 0 bridgehead atoms. The maximum atomic E-state index is 11.7. The van der Waals surface area contributed by atoms with Gasteiger partial charge >= 0.3 is 0 Å². The minimum Gasteiger partial charge on any atom is -0.374 e. The van der Waals surface area contributed by atoms with Gasteiger partial charge in [-0.25, -0.2) is 0 Å². The van der Waals surface area contributed by atoms with Crippen molar-refractivity contribution in [2.75, 3.05) is 39.3 Å². The summed E-state index contributed by atoms with van der Waals surface area (Å²) in [5.74, 6) is 0.128. The van der Waals surface area contributed by atoms with E-state index >= 15 is 0 Å². The molecule has 2 N–H and O–H groups in total. The monoisotopic (exact) mass is 271 g/mol. The highest BCUT2D eigenvalue weighted by Crippen LogP contribution is 2.03. The van der Waals surface area contributed by atoms with Crippen LogP contribution in [-0.4, -0.2) is 62.3 Å². The van der Waals surface area contributed by atoms with Crippen molar-refractivity contribution in [1.29, 1.82) is 0 Å². The Morgan fingerprint density at radius 2 is 2.26 bits per heavy atom. The molecule has 0 aromatic rings. The van der Waals surface area contributed by atoms with Gasteiger partial charge < -0.3 is 15.4 Å². The van der Waals surface area contributed by atoms with Crippen LogP contribution in [0.15, 0.2) is 0 Å². The number of ether oxygens (including phenoxy) is 1. The van der Waals surface area contributed by atoms with Crippen LogP contribution in [0.2, 0.25) is 0 Å². The second-order valence-electron chi connectivity index (χ2n) is 5.40. The minimum atomic E-state index is 0.128. The molecule has 1 aliphatic heterocycles. The molecule has 1 saturated heterocycles. The zero-order chi connectivity index (χ0) is 14.1. The molecule has 1 heterocycles.